The Morgan fingerprint density at radius 1 is 1.69 bits per heavy atom. The SMILES string of the molecule is CCC(=CCSc1ncccc1Cl)C(=O)O. The monoisotopic (exact) mass is 257 g/mol. The van der Waals surface area contributed by atoms with E-state index in [-0.39, 0.29) is 0 Å². The fraction of sp³-hybridized carbons (Fsp3) is 0.273. The number of hydrogen-bond donors (Lipinski definition) is 1. The number of carboxylic acid groups (broad SMARTS) is 1. The van der Waals surface area contributed by atoms with Crippen molar-refractivity contribution >= 4 is 29.3 Å². The van der Waals surface area contributed by atoms with Gasteiger partial charge in [-0.15, -0.1) is 11.8 Å². The third-order valence-corrected chi connectivity index (χ3v) is 3.28. The molecule has 16 heavy (non-hydrogen) atoms. The van der Waals surface area contributed by atoms with Crippen molar-refractivity contribution in [2.24, 2.45) is 0 Å². The molecule has 0 bridgehead atoms. The van der Waals surface area contributed by atoms with Gasteiger partial charge in [0, 0.05) is 17.5 Å². The molecule has 5 heteroatoms. The zero-order valence-corrected chi connectivity index (χ0v) is 10.4. The van der Waals surface area contributed by atoms with Crippen LogP contribution < -0.4 is 0 Å². The Balaban J connectivity index is 2.59. The molecule has 0 amide bonds. The van der Waals surface area contributed by atoms with Crippen molar-refractivity contribution in [2.75, 3.05) is 5.75 Å². The number of rotatable bonds is 5. The summed E-state index contributed by atoms with van der Waals surface area (Å²) >= 11 is 7.34. The van der Waals surface area contributed by atoms with Crippen LogP contribution in [0.1, 0.15) is 13.3 Å². The summed E-state index contributed by atoms with van der Waals surface area (Å²) in [4.78, 5) is 14.8. The number of pyridine rings is 1. The van der Waals surface area contributed by atoms with Crippen LogP contribution in [-0.4, -0.2) is 21.8 Å². The summed E-state index contributed by atoms with van der Waals surface area (Å²) in [7, 11) is 0. The second-order valence-corrected chi connectivity index (χ2v) is 4.41. The first-order chi connectivity index (χ1) is 7.65. The molecule has 86 valence electrons. The van der Waals surface area contributed by atoms with Crippen molar-refractivity contribution in [2.45, 2.75) is 18.4 Å². The van der Waals surface area contributed by atoms with Crippen molar-refractivity contribution in [3.8, 4) is 0 Å². The van der Waals surface area contributed by atoms with Crippen LogP contribution in [0.5, 0.6) is 0 Å². The largest absolute Gasteiger partial charge is 0.478 e. The second kappa shape index (κ2) is 6.55. The average molecular weight is 258 g/mol. The van der Waals surface area contributed by atoms with Gasteiger partial charge < -0.3 is 5.11 Å². The van der Waals surface area contributed by atoms with E-state index in [0.29, 0.717) is 22.8 Å². The normalized spacial score (nSPS) is 11.5. The minimum absolute atomic E-state index is 0.416. The van der Waals surface area contributed by atoms with Crippen LogP contribution in [0, 0.1) is 0 Å². The van der Waals surface area contributed by atoms with Crippen molar-refractivity contribution in [3.63, 3.8) is 0 Å². The number of carbonyl (C=O) groups is 1. The molecular formula is C11H12ClNO2S. The third-order valence-electron chi connectivity index (χ3n) is 1.93. The Bertz CT molecular complexity index is 407. The van der Waals surface area contributed by atoms with E-state index in [0.717, 1.165) is 5.03 Å². The maximum absolute atomic E-state index is 10.7. The van der Waals surface area contributed by atoms with Crippen LogP contribution >= 0.6 is 23.4 Å². The summed E-state index contributed by atoms with van der Waals surface area (Å²) < 4.78 is 0. The lowest BCUT2D eigenvalue weighted by Gasteiger charge is -2.00. The van der Waals surface area contributed by atoms with Crippen LogP contribution in [0.2, 0.25) is 5.02 Å². The van der Waals surface area contributed by atoms with Crippen molar-refractivity contribution in [1.82, 2.24) is 4.98 Å². The molecule has 0 aromatic carbocycles. The average Bonchev–Trinajstić information content (AvgIpc) is 2.26. The molecule has 1 heterocycles. The van der Waals surface area contributed by atoms with E-state index in [1.807, 2.05) is 6.92 Å². The molecule has 3 nitrogen and oxygen atoms in total. The van der Waals surface area contributed by atoms with Gasteiger partial charge in [0.2, 0.25) is 0 Å². The van der Waals surface area contributed by atoms with Crippen LogP contribution in [0.15, 0.2) is 35.0 Å². The highest BCUT2D eigenvalue weighted by Crippen LogP contribution is 2.24. The molecule has 0 aliphatic rings. The molecule has 0 fully saturated rings. The minimum Gasteiger partial charge on any atom is -0.478 e. The zero-order chi connectivity index (χ0) is 12.0. The fourth-order valence-electron chi connectivity index (χ4n) is 1.08. The van der Waals surface area contributed by atoms with Gasteiger partial charge in [-0.05, 0) is 18.6 Å². The summed E-state index contributed by atoms with van der Waals surface area (Å²) in [6, 6.07) is 3.52. The van der Waals surface area contributed by atoms with E-state index in [1.165, 1.54) is 11.8 Å². The standard InChI is InChI=1S/C11H12ClNO2S/c1-2-8(11(14)15)5-7-16-10-9(12)4-3-6-13-10/h3-6H,2,7H2,1H3,(H,14,15). The Labute approximate surface area is 104 Å². The summed E-state index contributed by atoms with van der Waals surface area (Å²) in [6.45, 7) is 1.82. The van der Waals surface area contributed by atoms with Gasteiger partial charge in [-0.1, -0.05) is 24.6 Å². The smallest absolute Gasteiger partial charge is 0.331 e. The topological polar surface area (TPSA) is 50.2 Å². The molecule has 0 saturated heterocycles. The first-order valence-corrected chi connectivity index (χ1v) is 6.17. The summed E-state index contributed by atoms with van der Waals surface area (Å²) in [5.41, 5.74) is 0.416. The molecular weight excluding hydrogens is 246 g/mol. The maximum Gasteiger partial charge on any atom is 0.331 e. The lowest BCUT2D eigenvalue weighted by atomic mass is 10.2. The van der Waals surface area contributed by atoms with Gasteiger partial charge in [0.05, 0.1) is 5.02 Å². The summed E-state index contributed by atoms with van der Waals surface area (Å²) in [5.74, 6) is -0.304. The van der Waals surface area contributed by atoms with Crippen molar-refractivity contribution in [1.29, 1.82) is 0 Å². The van der Waals surface area contributed by atoms with E-state index in [9.17, 15) is 4.79 Å². The molecule has 1 rings (SSSR count). The van der Waals surface area contributed by atoms with Crippen LogP contribution in [0.25, 0.3) is 0 Å². The minimum atomic E-state index is -0.866. The first kappa shape index (κ1) is 13.1. The number of nitrogens with zero attached hydrogens (tertiary/aromatic N) is 1. The van der Waals surface area contributed by atoms with Gasteiger partial charge in [-0.25, -0.2) is 9.78 Å². The summed E-state index contributed by atoms with van der Waals surface area (Å²) in [6.07, 6.45) is 3.87. The second-order valence-electron chi connectivity index (χ2n) is 2.99. The van der Waals surface area contributed by atoms with Crippen molar-refractivity contribution in [3.05, 3.63) is 35.0 Å². The molecule has 1 N–H and O–H groups in total. The highest BCUT2D eigenvalue weighted by atomic mass is 35.5. The van der Waals surface area contributed by atoms with Crippen LogP contribution in [-0.2, 0) is 4.79 Å². The fourth-order valence-corrected chi connectivity index (χ4v) is 2.15. The van der Waals surface area contributed by atoms with E-state index in [2.05, 4.69) is 4.98 Å². The summed E-state index contributed by atoms with van der Waals surface area (Å²) in [5, 5.41) is 10.1. The van der Waals surface area contributed by atoms with Gasteiger partial charge in [0.25, 0.3) is 0 Å². The molecule has 0 saturated carbocycles. The van der Waals surface area contributed by atoms with Gasteiger partial charge >= 0.3 is 5.97 Å². The molecule has 1 aromatic rings. The van der Waals surface area contributed by atoms with E-state index >= 15 is 0 Å². The number of aliphatic carboxylic acids is 1. The number of halogens is 1. The van der Waals surface area contributed by atoms with E-state index in [1.54, 1.807) is 24.4 Å². The number of carboxylic acids is 1. The molecule has 0 aliphatic heterocycles. The molecule has 0 spiro atoms. The lowest BCUT2D eigenvalue weighted by molar-refractivity contribution is -0.132. The predicted molar refractivity (Wildman–Crippen MR) is 66.0 cm³/mol. The van der Waals surface area contributed by atoms with E-state index in [4.69, 9.17) is 16.7 Å². The first-order valence-electron chi connectivity index (χ1n) is 4.80. The highest BCUT2D eigenvalue weighted by molar-refractivity contribution is 7.99. The Kier molecular flexibility index (Phi) is 5.35. The molecule has 0 radical (unpaired) electrons. The van der Waals surface area contributed by atoms with Crippen molar-refractivity contribution < 1.29 is 9.90 Å². The number of aromatic nitrogens is 1. The number of hydrogen-bond acceptors (Lipinski definition) is 3. The highest BCUT2D eigenvalue weighted by Gasteiger charge is 2.04. The Morgan fingerprint density at radius 3 is 3.00 bits per heavy atom. The van der Waals surface area contributed by atoms with Crippen LogP contribution in [0.3, 0.4) is 0 Å². The molecule has 0 atom stereocenters. The maximum atomic E-state index is 10.7. The molecule has 0 aliphatic carbocycles. The number of thioether (sulfide) groups is 1. The van der Waals surface area contributed by atoms with Gasteiger partial charge in [0.15, 0.2) is 0 Å². The third kappa shape index (κ3) is 3.87. The van der Waals surface area contributed by atoms with Gasteiger partial charge in [0.1, 0.15) is 5.03 Å². The Morgan fingerprint density at radius 2 is 2.44 bits per heavy atom. The van der Waals surface area contributed by atoms with Crippen LogP contribution in [0.4, 0.5) is 0 Å². The van der Waals surface area contributed by atoms with Gasteiger partial charge in [-0.3, -0.25) is 0 Å². The van der Waals surface area contributed by atoms with Gasteiger partial charge in [-0.2, -0.15) is 0 Å². The quantitative estimate of drug-likeness (QED) is 0.650. The Hall–Kier alpha value is -1.00. The molecule has 1 aromatic heterocycles. The van der Waals surface area contributed by atoms with E-state index < -0.39 is 5.97 Å². The molecule has 0 unspecified atom stereocenters. The lowest BCUT2D eigenvalue weighted by Crippen LogP contribution is -1.99. The predicted octanol–water partition coefficient (Wildman–Crippen LogP) is 3.25. The zero-order valence-electron chi connectivity index (χ0n) is 8.81.